The quantitative estimate of drug-likeness (QED) is 0.550. The van der Waals surface area contributed by atoms with Gasteiger partial charge in [0.25, 0.3) is 5.91 Å². The number of aromatic nitrogens is 1. The highest BCUT2D eigenvalue weighted by molar-refractivity contribution is 6.02. The Bertz CT molecular complexity index is 1130. The summed E-state index contributed by atoms with van der Waals surface area (Å²) in [6.07, 6.45) is 2.21. The smallest absolute Gasteiger partial charge is 0.252 e. The molecule has 3 aromatic rings. The van der Waals surface area contributed by atoms with E-state index in [0.29, 0.717) is 39.8 Å². The number of oxazole rings is 1. The lowest BCUT2D eigenvalue weighted by Crippen LogP contribution is -2.47. The second-order valence-electron chi connectivity index (χ2n) is 8.29. The first kappa shape index (κ1) is 21.7. The summed E-state index contributed by atoms with van der Waals surface area (Å²) >= 11 is 0. The molecule has 1 aromatic heterocycles. The highest BCUT2D eigenvalue weighted by Crippen LogP contribution is 2.40. The monoisotopic (exact) mass is 437 g/mol. The van der Waals surface area contributed by atoms with E-state index >= 15 is 0 Å². The Morgan fingerprint density at radius 1 is 1.06 bits per heavy atom. The fourth-order valence-corrected chi connectivity index (χ4v) is 3.45. The van der Waals surface area contributed by atoms with Crippen LogP contribution in [0.2, 0.25) is 0 Å². The normalized spacial score (nSPS) is 14.3. The number of ether oxygens (including phenoxy) is 2. The maximum Gasteiger partial charge on any atom is 0.252 e. The lowest BCUT2D eigenvalue weighted by Gasteiger charge is -2.22. The van der Waals surface area contributed by atoms with Crippen molar-refractivity contribution < 1.29 is 23.5 Å². The van der Waals surface area contributed by atoms with Crippen LogP contribution in [0.15, 0.2) is 40.8 Å². The average Bonchev–Trinajstić information content (AvgIpc) is 3.55. The van der Waals surface area contributed by atoms with Crippen LogP contribution in [0.5, 0.6) is 11.5 Å². The third-order valence-corrected chi connectivity index (χ3v) is 5.45. The summed E-state index contributed by atoms with van der Waals surface area (Å²) in [5.74, 6) is 1.31. The van der Waals surface area contributed by atoms with Gasteiger partial charge in [-0.15, -0.1) is 0 Å². The van der Waals surface area contributed by atoms with Gasteiger partial charge in [0.1, 0.15) is 23.1 Å². The topological polar surface area (TPSA) is 103 Å². The predicted octanol–water partition coefficient (Wildman–Crippen LogP) is 4.12. The minimum Gasteiger partial charge on any atom is -0.497 e. The molecule has 0 spiro atoms. The zero-order chi connectivity index (χ0) is 22.8. The molecule has 32 heavy (non-hydrogen) atoms. The summed E-state index contributed by atoms with van der Waals surface area (Å²) in [4.78, 5) is 30.4. The summed E-state index contributed by atoms with van der Waals surface area (Å²) in [7, 11) is 3.03. The van der Waals surface area contributed by atoms with E-state index in [4.69, 9.17) is 13.9 Å². The third kappa shape index (κ3) is 4.69. The number of amides is 2. The van der Waals surface area contributed by atoms with Gasteiger partial charge in [-0.3, -0.25) is 9.59 Å². The maximum atomic E-state index is 13.0. The zero-order valence-electron chi connectivity index (χ0n) is 18.6. The van der Waals surface area contributed by atoms with E-state index in [1.54, 1.807) is 36.4 Å². The van der Waals surface area contributed by atoms with Gasteiger partial charge in [-0.25, -0.2) is 4.98 Å². The first-order chi connectivity index (χ1) is 15.4. The number of carbonyl (C=O) groups is 2. The molecule has 0 aliphatic heterocycles. The molecule has 8 heteroatoms. The van der Waals surface area contributed by atoms with Crippen molar-refractivity contribution in [1.82, 2.24) is 10.3 Å². The molecule has 1 heterocycles. The highest BCUT2D eigenvalue weighted by atomic mass is 16.5. The molecule has 0 radical (unpaired) electrons. The molecule has 1 unspecified atom stereocenters. The molecule has 4 rings (SSSR count). The van der Waals surface area contributed by atoms with Gasteiger partial charge >= 0.3 is 0 Å². The minimum atomic E-state index is -0.741. The summed E-state index contributed by atoms with van der Waals surface area (Å²) in [6, 6.07) is 9.50. The Balaban J connectivity index is 1.49. The fraction of sp³-hybridized carbons (Fsp3) is 0.375. The van der Waals surface area contributed by atoms with Gasteiger partial charge < -0.3 is 24.5 Å². The van der Waals surface area contributed by atoms with Gasteiger partial charge in [0.15, 0.2) is 11.5 Å². The van der Waals surface area contributed by atoms with E-state index in [9.17, 15) is 9.59 Å². The van der Waals surface area contributed by atoms with Gasteiger partial charge in [0.05, 0.1) is 14.2 Å². The molecule has 2 amide bonds. The minimum absolute atomic E-state index is 0.135. The van der Waals surface area contributed by atoms with Crippen molar-refractivity contribution in [1.29, 1.82) is 0 Å². The largest absolute Gasteiger partial charge is 0.497 e. The standard InChI is InChI=1S/C24H27N3O5/c1-13(2)21(27-22(28)15-9-17(30-3)12-18(10-15)31-4)23(29)25-16-7-8-20-19(11-16)26-24(32-20)14-5-6-14/h7-14,21H,5-6H2,1-4H3,(H,25,29)(H,27,28). The van der Waals surface area contributed by atoms with Crippen LogP contribution < -0.4 is 20.1 Å². The van der Waals surface area contributed by atoms with Gasteiger partial charge in [-0.2, -0.15) is 0 Å². The van der Waals surface area contributed by atoms with Crippen molar-refractivity contribution in [3.05, 3.63) is 47.9 Å². The molecule has 8 nitrogen and oxygen atoms in total. The number of rotatable bonds is 8. The Kier molecular flexibility index (Phi) is 6.03. The number of hydrogen-bond donors (Lipinski definition) is 2. The molecular formula is C24H27N3O5. The number of hydrogen-bond acceptors (Lipinski definition) is 6. The lowest BCUT2D eigenvalue weighted by atomic mass is 10.0. The SMILES string of the molecule is COc1cc(OC)cc(C(=O)NC(C(=O)Nc2ccc3oc(C4CC4)nc3c2)C(C)C)c1. The van der Waals surface area contributed by atoms with Crippen molar-refractivity contribution in [3.63, 3.8) is 0 Å². The first-order valence-electron chi connectivity index (χ1n) is 10.6. The molecule has 0 saturated heterocycles. The Morgan fingerprint density at radius 2 is 1.75 bits per heavy atom. The van der Waals surface area contributed by atoms with E-state index in [1.165, 1.54) is 14.2 Å². The summed E-state index contributed by atoms with van der Waals surface area (Å²) < 4.78 is 16.2. The second-order valence-corrected chi connectivity index (χ2v) is 8.29. The van der Waals surface area contributed by atoms with E-state index in [-0.39, 0.29) is 11.8 Å². The molecule has 1 aliphatic rings. The Hall–Kier alpha value is -3.55. The molecule has 168 valence electrons. The molecule has 0 bridgehead atoms. The molecule has 1 saturated carbocycles. The second kappa shape index (κ2) is 8.90. The highest BCUT2D eigenvalue weighted by Gasteiger charge is 2.29. The molecule has 1 fully saturated rings. The van der Waals surface area contributed by atoms with Crippen molar-refractivity contribution in [2.24, 2.45) is 5.92 Å². The van der Waals surface area contributed by atoms with Crippen LogP contribution in [0.3, 0.4) is 0 Å². The van der Waals surface area contributed by atoms with E-state index in [2.05, 4.69) is 15.6 Å². The maximum absolute atomic E-state index is 13.0. The van der Waals surface area contributed by atoms with Crippen molar-refractivity contribution in [3.8, 4) is 11.5 Å². The Labute approximate surface area is 186 Å². The number of methoxy groups -OCH3 is 2. The van der Waals surface area contributed by atoms with Gasteiger partial charge in [-0.05, 0) is 49.1 Å². The summed E-state index contributed by atoms with van der Waals surface area (Å²) in [5.41, 5.74) is 2.35. The van der Waals surface area contributed by atoms with Crippen LogP contribution in [0, 0.1) is 5.92 Å². The zero-order valence-corrected chi connectivity index (χ0v) is 18.6. The average molecular weight is 437 g/mol. The first-order valence-corrected chi connectivity index (χ1v) is 10.6. The number of anilines is 1. The molecule has 2 aromatic carbocycles. The fourth-order valence-electron chi connectivity index (χ4n) is 3.45. The number of nitrogens with zero attached hydrogens (tertiary/aromatic N) is 1. The van der Waals surface area contributed by atoms with Crippen molar-refractivity contribution in [2.75, 3.05) is 19.5 Å². The molecule has 1 atom stereocenters. The molecular weight excluding hydrogens is 410 g/mol. The number of fused-ring (bicyclic) bond motifs is 1. The number of nitrogens with one attached hydrogen (secondary N) is 2. The Morgan fingerprint density at radius 3 is 2.34 bits per heavy atom. The van der Waals surface area contributed by atoms with Crippen molar-refractivity contribution >= 4 is 28.6 Å². The van der Waals surface area contributed by atoms with E-state index in [0.717, 1.165) is 18.7 Å². The van der Waals surface area contributed by atoms with Crippen LogP contribution in [-0.4, -0.2) is 37.1 Å². The number of carbonyl (C=O) groups excluding carboxylic acids is 2. The molecule has 1 aliphatic carbocycles. The summed E-state index contributed by atoms with van der Waals surface area (Å²) in [5, 5.41) is 5.71. The number of benzene rings is 2. The van der Waals surface area contributed by atoms with Crippen LogP contribution in [-0.2, 0) is 4.79 Å². The van der Waals surface area contributed by atoms with Crippen LogP contribution in [0.4, 0.5) is 5.69 Å². The van der Waals surface area contributed by atoms with Gasteiger partial charge in [0.2, 0.25) is 5.91 Å². The summed E-state index contributed by atoms with van der Waals surface area (Å²) in [6.45, 7) is 3.75. The predicted molar refractivity (Wildman–Crippen MR) is 120 cm³/mol. The van der Waals surface area contributed by atoms with Gasteiger partial charge in [0, 0.05) is 23.2 Å². The third-order valence-electron chi connectivity index (χ3n) is 5.45. The lowest BCUT2D eigenvalue weighted by molar-refractivity contribution is -0.118. The van der Waals surface area contributed by atoms with E-state index in [1.807, 2.05) is 13.8 Å². The van der Waals surface area contributed by atoms with Crippen LogP contribution in [0.1, 0.15) is 48.9 Å². The van der Waals surface area contributed by atoms with Crippen LogP contribution in [0.25, 0.3) is 11.1 Å². The van der Waals surface area contributed by atoms with Crippen molar-refractivity contribution in [2.45, 2.75) is 38.6 Å². The van der Waals surface area contributed by atoms with E-state index < -0.39 is 11.9 Å². The molecule has 2 N–H and O–H groups in total. The van der Waals surface area contributed by atoms with Crippen LogP contribution >= 0.6 is 0 Å². The van der Waals surface area contributed by atoms with Gasteiger partial charge in [-0.1, -0.05) is 13.8 Å².